The van der Waals surface area contributed by atoms with E-state index < -0.39 is 10.0 Å². The van der Waals surface area contributed by atoms with Gasteiger partial charge in [-0.15, -0.1) is 0 Å². The first-order valence-electron chi connectivity index (χ1n) is 11.3. The minimum Gasteiger partial charge on any atom is -0.260 e. The molecule has 0 atom stereocenters. The summed E-state index contributed by atoms with van der Waals surface area (Å²) in [6, 6.07) is 8.13. The van der Waals surface area contributed by atoms with Gasteiger partial charge in [0.25, 0.3) is 0 Å². The second-order valence-corrected chi connectivity index (χ2v) is 10.6. The molecule has 0 amide bonds. The van der Waals surface area contributed by atoms with E-state index in [-0.39, 0.29) is 6.54 Å². The Kier molecular flexibility index (Phi) is 6.23. The minimum absolute atomic E-state index is 0.146. The summed E-state index contributed by atoms with van der Waals surface area (Å²) >= 11 is 0. The van der Waals surface area contributed by atoms with Crippen LogP contribution in [0.25, 0.3) is 11.4 Å². The second-order valence-electron chi connectivity index (χ2n) is 8.90. The van der Waals surface area contributed by atoms with Crippen molar-refractivity contribution in [3.8, 4) is 11.4 Å². The Morgan fingerprint density at radius 1 is 0.969 bits per heavy atom. The molecule has 0 saturated heterocycles. The molecule has 2 aromatic heterocycles. The smallest absolute Gasteiger partial charge is 0.241 e. The van der Waals surface area contributed by atoms with Gasteiger partial charge in [-0.05, 0) is 93.5 Å². The van der Waals surface area contributed by atoms with Crippen LogP contribution in [0.2, 0.25) is 0 Å². The van der Waals surface area contributed by atoms with E-state index in [1.165, 1.54) is 12.8 Å². The first-order chi connectivity index (χ1) is 15.2. The van der Waals surface area contributed by atoms with Gasteiger partial charge in [-0.25, -0.2) is 13.1 Å². The molecule has 6 nitrogen and oxygen atoms in total. The summed E-state index contributed by atoms with van der Waals surface area (Å²) in [7, 11) is -3.68. The van der Waals surface area contributed by atoms with Gasteiger partial charge in [-0.1, -0.05) is 18.9 Å². The largest absolute Gasteiger partial charge is 0.260 e. The zero-order valence-electron chi connectivity index (χ0n) is 19.6. The monoisotopic (exact) mass is 452 g/mol. The molecule has 0 bridgehead atoms. The number of nitrogens with zero attached hydrogens (tertiary/aromatic N) is 3. The fourth-order valence-electron chi connectivity index (χ4n) is 4.77. The van der Waals surface area contributed by atoms with E-state index >= 15 is 0 Å². The maximum atomic E-state index is 13.3. The molecule has 3 aromatic rings. The van der Waals surface area contributed by atoms with Gasteiger partial charge in [-0.2, -0.15) is 5.10 Å². The zero-order chi connectivity index (χ0) is 23.0. The van der Waals surface area contributed by atoms with Crippen molar-refractivity contribution in [3.05, 3.63) is 64.0 Å². The lowest BCUT2D eigenvalue weighted by Crippen LogP contribution is -2.26. The maximum absolute atomic E-state index is 13.3. The van der Waals surface area contributed by atoms with Crippen LogP contribution in [0, 0.1) is 34.6 Å². The third-order valence-electron chi connectivity index (χ3n) is 7.03. The first kappa shape index (κ1) is 22.7. The number of pyridine rings is 1. The Bertz CT molecular complexity index is 1210. The molecule has 2 heterocycles. The third kappa shape index (κ3) is 4.11. The van der Waals surface area contributed by atoms with E-state index in [1.54, 1.807) is 6.20 Å². The van der Waals surface area contributed by atoms with Gasteiger partial charge in [0, 0.05) is 6.20 Å². The minimum atomic E-state index is -3.68. The lowest BCUT2D eigenvalue weighted by atomic mass is 9.95. The summed E-state index contributed by atoms with van der Waals surface area (Å²) in [5.74, 6) is 0. The first-order valence-corrected chi connectivity index (χ1v) is 12.8. The molecule has 0 aliphatic heterocycles. The van der Waals surface area contributed by atoms with Crippen LogP contribution in [0.3, 0.4) is 0 Å². The molecule has 7 heteroatoms. The normalized spacial score (nSPS) is 14.9. The Labute approximate surface area is 191 Å². The van der Waals surface area contributed by atoms with E-state index in [9.17, 15) is 8.42 Å². The van der Waals surface area contributed by atoms with Crippen LogP contribution in [0.1, 0.15) is 65.2 Å². The Morgan fingerprint density at radius 3 is 2.19 bits per heavy atom. The van der Waals surface area contributed by atoms with Crippen LogP contribution in [0.15, 0.2) is 35.4 Å². The number of nitrogens with one attached hydrogen (secondary N) is 1. The average molecular weight is 453 g/mol. The summed E-state index contributed by atoms with van der Waals surface area (Å²) in [6.07, 6.45) is 6.34. The maximum Gasteiger partial charge on any atom is 0.241 e. The number of hydrogen-bond donors (Lipinski definition) is 1. The van der Waals surface area contributed by atoms with Gasteiger partial charge in [0.15, 0.2) is 0 Å². The van der Waals surface area contributed by atoms with Crippen LogP contribution in [-0.2, 0) is 16.6 Å². The molecule has 1 aliphatic carbocycles. The lowest BCUT2D eigenvalue weighted by Gasteiger charge is -2.18. The lowest BCUT2D eigenvalue weighted by molar-refractivity contribution is 0.466. The summed E-state index contributed by atoms with van der Waals surface area (Å²) in [5, 5.41) is 4.81. The van der Waals surface area contributed by atoms with Crippen molar-refractivity contribution in [3.63, 3.8) is 0 Å². The van der Waals surface area contributed by atoms with Crippen LogP contribution < -0.4 is 4.72 Å². The van der Waals surface area contributed by atoms with Gasteiger partial charge in [-0.3, -0.25) is 9.67 Å². The standard InChI is InChI=1S/C25H32N4O2S/c1-16-17(2)19(4)25(20(5)18(16)3)32(30,31)27-15-21-14-24(23-12-8-9-13-26-23)29(28-21)22-10-6-7-11-22/h8-9,12-14,22,27H,6-7,10-11,15H2,1-5H3. The molecule has 0 spiro atoms. The van der Waals surface area contributed by atoms with Crippen molar-refractivity contribution in [2.24, 2.45) is 0 Å². The van der Waals surface area contributed by atoms with Crippen molar-refractivity contribution in [1.82, 2.24) is 19.5 Å². The Morgan fingerprint density at radius 2 is 1.59 bits per heavy atom. The number of benzene rings is 1. The highest BCUT2D eigenvalue weighted by molar-refractivity contribution is 7.89. The highest BCUT2D eigenvalue weighted by Gasteiger charge is 2.26. The SMILES string of the molecule is Cc1c(C)c(C)c(S(=O)(=O)NCc2cc(-c3ccccn3)n(C3CCCC3)n2)c(C)c1C. The second kappa shape index (κ2) is 8.79. The number of sulfonamides is 1. The number of aromatic nitrogens is 3. The average Bonchev–Trinajstić information content (AvgIpc) is 3.45. The highest BCUT2D eigenvalue weighted by Crippen LogP contribution is 2.33. The van der Waals surface area contributed by atoms with E-state index in [2.05, 4.69) is 14.4 Å². The van der Waals surface area contributed by atoms with Gasteiger partial charge < -0.3 is 0 Å². The molecule has 1 aromatic carbocycles. The van der Waals surface area contributed by atoms with Crippen LogP contribution in [0.5, 0.6) is 0 Å². The van der Waals surface area contributed by atoms with E-state index in [1.807, 2.05) is 58.9 Å². The van der Waals surface area contributed by atoms with E-state index in [0.717, 1.165) is 52.0 Å². The topological polar surface area (TPSA) is 76.9 Å². The molecule has 1 saturated carbocycles. The quantitative estimate of drug-likeness (QED) is 0.566. The van der Waals surface area contributed by atoms with Crippen molar-refractivity contribution >= 4 is 10.0 Å². The van der Waals surface area contributed by atoms with E-state index in [0.29, 0.717) is 16.6 Å². The van der Waals surface area contributed by atoms with Crippen molar-refractivity contribution in [2.45, 2.75) is 77.8 Å². The molecular formula is C25H32N4O2S. The molecule has 1 N–H and O–H groups in total. The predicted octanol–water partition coefficient (Wildman–Crippen LogP) is 5.08. The number of rotatable bonds is 6. The molecule has 1 aliphatic rings. The number of hydrogen-bond acceptors (Lipinski definition) is 4. The van der Waals surface area contributed by atoms with Crippen molar-refractivity contribution < 1.29 is 8.42 Å². The van der Waals surface area contributed by atoms with Gasteiger partial charge in [0.05, 0.1) is 34.6 Å². The molecule has 0 unspecified atom stereocenters. The Balaban J connectivity index is 1.66. The molecule has 170 valence electrons. The fraction of sp³-hybridized carbons (Fsp3) is 0.440. The van der Waals surface area contributed by atoms with Crippen molar-refractivity contribution in [1.29, 1.82) is 0 Å². The summed E-state index contributed by atoms with van der Waals surface area (Å²) in [5.41, 5.74) is 7.32. The van der Waals surface area contributed by atoms with Gasteiger partial charge >= 0.3 is 0 Å². The highest BCUT2D eigenvalue weighted by atomic mass is 32.2. The summed E-state index contributed by atoms with van der Waals surface area (Å²) in [6.45, 7) is 9.93. The molecular weight excluding hydrogens is 420 g/mol. The third-order valence-corrected chi connectivity index (χ3v) is 8.70. The molecule has 4 rings (SSSR count). The Hall–Kier alpha value is -2.51. The van der Waals surface area contributed by atoms with Crippen LogP contribution in [0.4, 0.5) is 0 Å². The van der Waals surface area contributed by atoms with Crippen LogP contribution in [-0.4, -0.2) is 23.2 Å². The van der Waals surface area contributed by atoms with Crippen LogP contribution >= 0.6 is 0 Å². The zero-order valence-corrected chi connectivity index (χ0v) is 20.4. The van der Waals surface area contributed by atoms with Gasteiger partial charge in [0.1, 0.15) is 0 Å². The fourth-order valence-corrected chi connectivity index (χ4v) is 6.37. The summed E-state index contributed by atoms with van der Waals surface area (Å²) < 4.78 is 31.5. The molecule has 32 heavy (non-hydrogen) atoms. The molecule has 0 radical (unpaired) electrons. The van der Waals surface area contributed by atoms with E-state index in [4.69, 9.17) is 5.10 Å². The summed E-state index contributed by atoms with van der Waals surface area (Å²) in [4.78, 5) is 4.89. The van der Waals surface area contributed by atoms with Crippen molar-refractivity contribution in [2.75, 3.05) is 0 Å². The molecule has 1 fully saturated rings. The van der Waals surface area contributed by atoms with Gasteiger partial charge in [0.2, 0.25) is 10.0 Å². The predicted molar refractivity (Wildman–Crippen MR) is 127 cm³/mol.